The lowest BCUT2D eigenvalue weighted by Gasteiger charge is -2.36. The summed E-state index contributed by atoms with van der Waals surface area (Å²) in [5.74, 6) is 0.518. The van der Waals surface area contributed by atoms with Crippen molar-refractivity contribution in [3.8, 4) is 0 Å². The van der Waals surface area contributed by atoms with Crippen molar-refractivity contribution in [1.82, 2.24) is 9.78 Å². The Balaban J connectivity index is 2.25. The lowest BCUT2D eigenvalue weighted by atomic mass is 9.75. The molecule has 0 aromatic carbocycles. The van der Waals surface area contributed by atoms with Crippen LogP contribution >= 0.6 is 0 Å². The standard InChI is InChI=1S/C14H20F3N5/c1-9(2)13(19)7-12(18)20-8-10(13)11-3-5-22(21-11)6-4-14(15,16)17/h3,5,8-9H,4,6-7,19H2,1-2H3,(H2,18,20). The van der Waals surface area contributed by atoms with E-state index in [-0.39, 0.29) is 12.5 Å². The molecule has 1 aliphatic rings. The molecular weight excluding hydrogens is 295 g/mol. The number of amidine groups is 1. The number of aliphatic imine (C=N–C) groups is 1. The number of nitrogens with two attached hydrogens (primary N) is 2. The van der Waals surface area contributed by atoms with Crippen molar-refractivity contribution >= 4 is 11.4 Å². The van der Waals surface area contributed by atoms with Gasteiger partial charge in [-0.25, -0.2) is 4.99 Å². The Morgan fingerprint density at radius 3 is 2.68 bits per heavy atom. The van der Waals surface area contributed by atoms with Gasteiger partial charge in [0.05, 0.1) is 17.7 Å². The number of aryl methyl sites for hydroxylation is 1. The van der Waals surface area contributed by atoms with Crippen LogP contribution in [0.1, 0.15) is 32.4 Å². The molecule has 0 radical (unpaired) electrons. The zero-order chi connectivity index (χ0) is 16.5. The van der Waals surface area contributed by atoms with E-state index < -0.39 is 18.1 Å². The van der Waals surface area contributed by atoms with Gasteiger partial charge in [0.2, 0.25) is 0 Å². The summed E-state index contributed by atoms with van der Waals surface area (Å²) in [6, 6.07) is 1.66. The molecule has 5 nitrogen and oxygen atoms in total. The number of hydrogen-bond donors (Lipinski definition) is 2. The molecule has 2 rings (SSSR count). The fraction of sp³-hybridized carbons (Fsp3) is 0.571. The van der Waals surface area contributed by atoms with Gasteiger partial charge >= 0.3 is 6.18 Å². The summed E-state index contributed by atoms with van der Waals surface area (Å²) in [7, 11) is 0. The fourth-order valence-electron chi connectivity index (χ4n) is 2.40. The number of nitrogens with zero attached hydrogens (tertiary/aromatic N) is 3. The molecule has 1 atom stereocenters. The van der Waals surface area contributed by atoms with Gasteiger partial charge in [0.1, 0.15) is 5.84 Å². The van der Waals surface area contributed by atoms with Gasteiger partial charge in [0, 0.05) is 30.9 Å². The minimum absolute atomic E-state index is 0.0770. The zero-order valence-electron chi connectivity index (χ0n) is 12.6. The van der Waals surface area contributed by atoms with Crippen LogP contribution in [-0.4, -0.2) is 27.3 Å². The van der Waals surface area contributed by atoms with E-state index >= 15 is 0 Å². The van der Waals surface area contributed by atoms with Crippen molar-refractivity contribution in [2.75, 3.05) is 0 Å². The van der Waals surface area contributed by atoms with Crippen LogP contribution in [0.15, 0.2) is 23.5 Å². The average Bonchev–Trinajstić information content (AvgIpc) is 2.84. The Morgan fingerprint density at radius 1 is 1.41 bits per heavy atom. The van der Waals surface area contributed by atoms with Crippen LogP contribution in [0.5, 0.6) is 0 Å². The Hall–Kier alpha value is -1.83. The predicted octanol–water partition coefficient (Wildman–Crippen LogP) is 2.29. The number of hydrogen-bond acceptors (Lipinski definition) is 4. The highest BCUT2D eigenvalue weighted by Gasteiger charge is 2.38. The van der Waals surface area contributed by atoms with E-state index in [0.29, 0.717) is 23.5 Å². The van der Waals surface area contributed by atoms with E-state index in [9.17, 15) is 13.2 Å². The summed E-state index contributed by atoms with van der Waals surface area (Å²) in [5.41, 5.74) is 12.7. The fourth-order valence-corrected chi connectivity index (χ4v) is 2.40. The molecule has 0 aliphatic carbocycles. The van der Waals surface area contributed by atoms with Gasteiger partial charge in [-0.1, -0.05) is 13.8 Å². The summed E-state index contributed by atoms with van der Waals surface area (Å²) >= 11 is 0. The van der Waals surface area contributed by atoms with Crippen molar-refractivity contribution in [1.29, 1.82) is 0 Å². The minimum Gasteiger partial charge on any atom is -0.387 e. The highest BCUT2D eigenvalue weighted by atomic mass is 19.4. The molecule has 0 amide bonds. The van der Waals surface area contributed by atoms with E-state index in [2.05, 4.69) is 10.1 Å². The summed E-state index contributed by atoms with van der Waals surface area (Å²) in [6.45, 7) is 3.71. The summed E-state index contributed by atoms with van der Waals surface area (Å²) in [5, 5.41) is 4.20. The molecule has 4 N–H and O–H groups in total. The number of rotatable bonds is 4. The van der Waals surface area contributed by atoms with Crippen LogP contribution in [0.4, 0.5) is 13.2 Å². The lowest BCUT2D eigenvalue weighted by molar-refractivity contribution is -0.137. The second kappa shape index (κ2) is 5.75. The van der Waals surface area contributed by atoms with E-state index in [1.54, 1.807) is 12.3 Å². The second-order valence-corrected chi connectivity index (χ2v) is 5.86. The topological polar surface area (TPSA) is 82.2 Å². The molecule has 0 saturated heterocycles. The van der Waals surface area contributed by atoms with E-state index in [1.807, 2.05) is 13.8 Å². The van der Waals surface area contributed by atoms with Gasteiger partial charge in [0.15, 0.2) is 0 Å². The lowest BCUT2D eigenvalue weighted by Crippen LogP contribution is -2.50. The maximum atomic E-state index is 12.3. The molecule has 0 saturated carbocycles. The third-order valence-corrected chi connectivity index (χ3v) is 3.91. The Kier molecular flexibility index (Phi) is 4.32. The molecular formula is C14H20F3N5. The van der Waals surface area contributed by atoms with E-state index in [0.717, 1.165) is 0 Å². The Morgan fingerprint density at radius 2 is 2.09 bits per heavy atom. The summed E-state index contributed by atoms with van der Waals surface area (Å²) < 4.78 is 38.1. The van der Waals surface area contributed by atoms with Gasteiger partial charge in [-0.2, -0.15) is 18.3 Å². The third-order valence-electron chi connectivity index (χ3n) is 3.91. The van der Waals surface area contributed by atoms with Crippen molar-refractivity contribution < 1.29 is 13.2 Å². The average molecular weight is 315 g/mol. The van der Waals surface area contributed by atoms with Crippen LogP contribution in [0.3, 0.4) is 0 Å². The second-order valence-electron chi connectivity index (χ2n) is 5.86. The summed E-state index contributed by atoms with van der Waals surface area (Å²) in [6.07, 6.45) is -1.65. The molecule has 2 heterocycles. The molecule has 0 fully saturated rings. The van der Waals surface area contributed by atoms with Gasteiger partial charge in [-0.15, -0.1) is 0 Å². The van der Waals surface area contributed by atoms with Crippen LogP contribution in [-0.2, 0) is 6.54 Å². The maximum absolute atomic E-state index is 12.3. The van der Waals surface area contributed by atoms with Gasteiger partial charge in [-0.3, -0.25) is 4.68 Å². The van der Waals surface area contributed by atoms with Gasteiger partial charge < -0.3 is 11.5 Å². The third kappa shape index (κ3) is 3.49. The SMILES string of the molecule is CC(C)C1(N)CC(N)=NC=C1c1ccn(CCC(F)(F)F)n1. The largest absolute Gasteiger partial charge is 0.390 e. The number of halogens is 3. The quantitative estimate of drug-likeness (QED) is 0.894. The highest BCUT2D eigenvalue weighted by molar-refractivity contribution is 5.90. The first-order valence-electron chi connectivity index (χ1n) is 7.04. The highest BCUT2D eigenvalue weighted by Crippen LogP contribution is 2.35. The van der Waals surface area contributed by atoms with Crippen LogP contribution in [0, 0.1) is 5.92 Å². The molecule has 1 aliphatic heterocycles. The Bertz CT molecular complexity index is 600. The molecule has 1 aromatic rings. The van der Waals surface area contributed by atoms with Crippen LogP contribution in [0.2, 0.25) is 0 Å². The summed E-state index contributed by atoms with van der Waals surface area (Å²) in [4.78, 5) is 4.08. The first-order chi connectivity index (χ1) is 10.1. The molecule has 0 bridgehead atoms. The van der Waals surface area contributed by atoms with E-state index in [4.69, 9.17) is 11.5 Å². The number of aromatic nitrogens is 2. The monoisotopic (exact) mass is 315 g/mol. The first-order valence-corrected chi connectivity index (χ1v) is 7.04. The van der Waals surface area contributed by atoms with Crippen LogP contribution in [0.25, 0.3) is 5.57 Å². The molecule has 1 unspecified atom stereocenters. The van der Waals surface area contributed by atoms with Gasteiger partial charge in [-0.05, 0) is 12.0 Å². The smallest absolute Gasteiger partial charge is 0.387 e. The molecule has 1 aromatic heterocycles. The molecule has 22 heavy (non-hydrogen) atoms. The van der Waals surface area contributed by atoms with E-state index in [1.165, 1.54) is 10.9 Å². The van der Waals surface area contributed by atoms with Crippen molar-refractivity contribution in [3.63, 3.8) is 0 Å². The zero-order valence-corrected chi connectivity index (χ0v) is 12.6. The molecule has 8 heteroatoms. The van der Waals surface area contributed by atoms with Gasteiger partial charge in [0.25, 0.3) is 0 Å². The minimum atomic E-state index is -4.20. The first kappa shape index (κ1) is 16.5. The maximum Gasteiger partial charge on any atom is 0.390 e. The van der Waals surface area contributed by atoms with Crippen molar-refractivity contribution in [3.05, 3.63) is 24.2 Å². The normalized spacial score (nSPS) is 22.7. The van der Waals surface area contributed by atoms with Crippen molar-refractivity contribution in [2.45, 2.75) is 44.9 Å². The number of alkyl halides is 3. The Labute approximate surface area is 126 Å². The van der Waals surface area contributed by atoms with Crippen molar-refractivity contribution in [2.24, 2.45) is 22.4 Å². The van der Waals surface area contributed by atoms with Crippen LogP contribution < -0.4 is 11.5 Å². The molecule has 0 spiro atoms. The molecule has 122 valence electrons. The predicted molar refractivity (Wildman–Crippen MR) is 78.9 cm³/mol.